The van der Waals surface area contributed by atoms with Crippen LogP contribution in [0.25, 0.3) is 0 Å². The van der Waals surface area contributed by atoms with E-state index in [4.69, 9.17) is 0 Å². The fourth-order valence-electron chi connectivity index (χ4n) is 1.43. The molecule has 62 valence electrons. The van der Waals surface area contributed by atoms with E-state index in [2.05, 4.69) is 0 Å². The largest absolute Gasteiger partial charge is 0.342 e. The summed E-state index contributed by atoms with van der Waals surface area (Å²) in [4.78, 5) is 23.9. The molecule has 0 aliphatic carbocycles. The van der Waals surface area contributed by atoms with Crippen molar-refractivity contribution in [3.63, 3.8) is 0 Å². The van der Waals surface area contributed by atoms with Crippen molar-refractivity contribution < 1.29 is 9.59 Å². The fourth-order valence-corrected chi connectivity index (χ4v) is 1.43. The summed E-state index contributed by atoms with van der Waals surface area (Å²) in [6, 6.07) is 0. The molecule has 0 N–H and O–H groups in total. The van der Waals surface area contributed by atoms with Gasteiger partial charge < -0.3 is 4.90 Å². The maximum absolute atomic E-state index is 11.3. The average molecular weight is 155 g/mol. The van der Waals surface area contributed by atoms with Crippen molar-refractivity contribution in [2.75, 3.05) is 13.1 Å². The molecule has 0 unspecified atom stereocenters. The van der Waals surface area contributed by atoms with Crippen molar-refractivity contribution in [3.05, 3.63) is 0 Å². The van der Waals surface area contributed by atoms with Crippen LogP contribution in [0.3, 0.4) is 0 Å². The number of nitrogens with zero attached hydrogens (tertiary/aromatic N) is 1. The first kappa shape index (κ1) is 8.24. The Balaban J connectivity index is 2.63. The Kier molecular flexibility index (Phi) is 2.27. The third-order valence-electron chi connectivity index (χ3n) is 2.17. The summed E-state index contributed by atoms with van der Waals surface area (Å²) < 4.78 is 0. The first-order valence-electron chi connectivity index (χ1n) is 3.96. The number of rotatable bonds is 2. The summed E-state index contributed by atoms with van der Waals surface area (Å²) in [5.41, 5.74) is 0. The number of amides is 1. The quantitative estimate of drug-likeness (QED) is 0.543. The lowest BCUT2D eigenvalue weighted by molar-refractivity contribution is -0.135. The third kappa shape index (κ3) is 1.42. The monoisotopic (exact) mass is 155 g/mol. The van der Waals surface area contributed by atoms with E-state index in [0.29, 0.717) is 6.42 Å². The lowest BCUT2D eigenvalue weighted by Gasteiger charge is -2.11. The predicted octanol–water partition coefficient (Wildman–Crippen LogP) is 0.444. The number of ketones is 1. The molecule has 3 nitrogen and oxygen atoms in total. The first-order chi connectivity index (χ1) is 5.16. The fraction of sp³-hybridized carbons (Fsp3) is 0.750. The van der Waals surface area contributed by atoms with Crippen LogP contribution in [0.4, 0.5) is 0 Å². The Morgan fingerprint density at radius 1 is 1.73 bits per heavy atom. The highest BCUT2D eigenvalue weighted by molar-refractivity contribution is 6.01. The van der Waals surface area contributed by atoms with Crippen molar-refractivity contribution in [3.8, 4) is 0 Å². The van der Waals surface area contributed by atoms with E-state index in [1.165, 1.54) is 6.92 Å². The van der Waals surface area contributed by atoms with Gasteiger partial charge in [0.2, 0.25) is 5.91 Å². The molecule has 1 aliphatic rings. The molecule has 1 aliphatic heterocycles. The second-order valence-electron chi connectivity index (χ2n) is 2.87. The van der Waals surface area contributed by atoms with Gasteiger partial charge >= 0.3 is 0 Å². The van der Waals surface area contributed by atoms with E-state index < -0.39 is 0 Å². The van der Waals surface area contributed by atoms with Crippen molar-refractivity contribution in [2.24, 2.45) is 5.92 Å². The van der Waals surface area contributed by atoms with Gasteiger partial charge in [0.15, 0.2) is 0 Å². The third-order valence-corrected chi connectivity index (χ3v) is 2.17. The Bertz CT molecular complexity index is 189. The molecular weight excluding hydrogens is 142 g/mol. The number of hydrogen-bond donors (Lipinski definition) is 0. The molecule has 0 aromatic rings. The molecule has 0 bridgehead atoms. The van der Waals surface area contributed by atoms with Crippen LogP contribution in [0.2, 0.25) is 0 Å². The second kappa shape index (κ2) is 3.03. The Morgan fingerprint density at radius 3 is 2.64 bits per heavy atom. The average Bonchev–Trinajstić information content (AvgIpc) is 2.30. The van der Waals surface area contributed by atoms with Gasteiger partial charge in [-0.1, -0.05) is 0 Å². The number of likely N-dealkylation sites (tertiary alicyclic amines) is 1. The molecule has 0 aromatic heterocycles. The summed E-state index contributed by atoms with van der Waals surface area (Å²) in [7, 11) is 0. The van der Waals surface area contributed by atoms with Gasteiger partial charge in [0, 0.05) is 13.1 Å². The molecule has 1 fully saturated rings. The predicted molar refractivity (Wildman–Crippen MR) is 41.0 cm³/mol. The minimum atomic E-state index is -0.338. The van der Waals surface area contributed by atoms with E-state index in [1.54, 1.807) is 4.90 Å². The molecule has 1 rings (SSSR count). The molecule has 1 amide bonds. The molecule has 0 radical (unpaired) electrons. The smallest absolute Gasteiger partial charge is 0.233 e. The van der Waals surface area contributed by atoms with Crippen molar-refractivity contribution in [1.82, 2.24) is 4.90 Å². The zero-order valence-electron chi connectivity index (χ0n) is 6.96. The van der Waals surface area contributed by atoms with E-state index in [1.807, 2.05) is 6.92 Å². The molecule has 1 atom stereocenters. The van der Waals surface area contributed by atoms with Gasteiger partial charge in [-0.05, 0) is 20.3 Å². The molecule has 0 aromatic carbocycles. The van der Waals surface area contributed by atoms with Crippen LogP contribution in [0.15, 0.2) is 0 Å². The van der Waals surface area contributed by atoms with E-state index >= 15 is 0 Å². The van der Waals surface area contributed by atoms with Gasteiger partial charge in [0.25, 0.3) is 0 Å². The van der Waals surface area contributed by atoms with Crippen LogP contribution in [-0.2, 0) is 9.59 Å². The summed E-state index contributed by atoms with van der Waals surface area (Å²) in [6.07, 6.45) is 0.710. The molecule has 0 saturated carbocycles. The minimum Gasteiger partial charge on any atom is -0.342 e. The van der Waals surface area contributed by atoms with Crippen molar-refractivity contribution >= 4 is 11.7 Å². The zero-order chi connectivity index (χ0) is 8.43. The van der Waals surface area contributed by atoms with Gasteiger partial charge in [-0.15, -0.1) is 0 Å². The van der Waals surface area contributed by atoms with Crippen LogP contribution < -0.4 is 0 Å². The van der Waals surface area contributed by atoms with E-state index in [-0.39, 0.29) is 17.6 Å². The van der Waals surface area contributed by atoms with Crippen LogP contribution >= 0.6 is 0 Å². The Morgan fingerprint density at radius 2 is 2.36 bits per heavy atom. The second-order valence-corrected chi connectivity index (χ2v) is 2.87. The van der Waals surface area contributed by atoms with Crippen molar-refractivity contribution in [1.29, 1.82) is 0 Å². The standard InChI is InChI=1S/C8H13NO2/c1-3-9-5-4-7(6(2)10)8(9)11/h7H,3-5H2,1-2H3/t7-/m0/s1. The van der Waals surface area contributed by atoms with Gasteiger partial charge in [0.05, 0.1) is 5.92 Å². The lowest BCUT2D eigenvalue weighted by Crippen LogP contribution is -2.29. The zero-order valence-corrected chi connectivity index (χ0v) is 6.96. The van der Waals surface area contributed by atoms with Crippen LogP contribution in [0.1, 0.15) is 20.3 Å². The lowest BCUT2D eigenvalue weighted by atomic mass is 10.0. The Labute approximate surface area is 66.4 Å². The van der Waals surface area contributed by atoms with Crippen molar-refractivity contribution in [2.45, 2.75) is 20.3 Å². The maximum atomic E-state index is 11.3. The highest BCUT2D eigenvalue weighted by atomic mass is 16.2. The molecule has 1 saturated heterocycles. The van der Waals surface area contributed by atoms with Gasteiger partial charge in [0.1, 0.15) is 5.78 Å². The highest BCUT2D eigenvalue weighted by Gasteiger charge is 2.33. The normalized spacial score (nSPS) is 24.4. The number of carbonyl (C=O) groups is 2. The van der Waals surface area contributed by atoms with Crippen LogP contribution in [-0.4, -0.2) is 29.7 Å². The SMILES string of the molecule is CCN1CC[C@@H](C(C)=O)C1=O. The minimum absolute atomic E-state index is 0.00551. The molecule has 3 heteroatoms. The first-order valence-corrected chi connectivity index (χ1v) is 3.96. The maximum Gasteiger partial charge on any atom is 0.233 e. The molecular formula is C8H13NO2. The van der Waals surface area contributed by atoms with Crippen LogP contribution in [0.5, 0.6) is 0 Å². The summed E-state index contributed by atoms with van der Waals surface area (Å²) >= 11 is 0. The summed E-state index contributed by atoms with van der Waals surface area (Å²) in [6.45, 7) is 4.89. The topological polar surface area (TPSA) is 37.4 Å². The Hall–Kier alpha value is -0.860. The molecule has 0 spiro atoms. The van der Waals surface area contributed by atoms with Gasteiger partial charge in [-0.2, -0.15) is 0 Å². The highest BCUT2D eigenvalue weighted by Crippen LogP contribution is 2.17. The number of hydrogen-bond acceptors (Lipinski definition) is 2. The number of Topliss-reactive ketones (excluding diaryl/α,β-unsaturated/α-hetero) is 1. The van der Waals surface area contributed by atoms with Crippen LogP contribution in [0, 0.1) is 5.92 Å². The van der Waals surface area contributed by atoms with E-state index in [9.17, 15) is 9.59 Å². The van der Waals surface area contributed by atoms with Gasteiger partial charge in [-0.3, -0.25) is 9.59 Å². The summed E-state index contributed by atoms with van der Waals surface area (Å²) in [5, 5.41) is 0. The van der Waals surface area contributed by atoms with Gasteiger partial charge in [-0.25, -0.2) is 0 Å². The number of carbonyl (C=O) groups excluding carboxylic acids is 2. The molecule has 11 heavy (non-hydrogen) atoms. The summed E-state index contributed by atoms with van der Waals surface area (Å²) in [5.74, 6) is -0.319. The van der Waals surface area contributed by atoms with E-state index in [0.717, 1.165) is 13.1 Å². The molecule has 1 heterocycles.